The van der Waals surface area contributed by atoms with Crippen molar-refractivity contribution < 1.29 is 4.79 Å². The summed E-state index contributed by atoms with van der Waals surface area (Å²) < 4.78 is 0. The van der Waals surface area contributed by atoms with Crippen LogP contribution >= 0.6 is 0 Å². The number of aromatic amines is 1. The molecule has 2 heterocycles. The van der Waals surface area contributed by atoms with Crippen molar-refractivity contribution >= 4 is 5.91 Å². The molecule has 2 aromatic rings. The van der Waals surface area contributed by atoms with Crippen LogP contribution in [0.25, 0.3) is 0 Å². The molecule has 2 N–H and O–H groups in total. The number of carbonyl (C=O) groups excluding carboxylic acids is 1. The Balaban J connectivity index is 1.63. The lowest BCUT2D eigenvalue weighted by Crippen LogP contribution is -2.42. The zero-order chi connectivity index (χ0) is 17.8. The second kappa shape index (κ2) is 7.83. The van der Waals surface area contributed by atoms with Gasteiger partial charge < -0.3 is 5.32 Å². The number of H-pyrrole nitrogens is 1. The lowest BCUT2D eigenvalue weighted by molar-refractivity contribution is -0.120. The van der Waals surface area contributed by atoms with E-state index in [1.54, 1.807) is 0 Å². The molecule has 0 unspecified atom stereocenters. The van der Waals surface area contributed by atoms with E-state index in [9.17, 15) is 4.79 Å². The molecule has 1 aliphatic rings. The number of rotatable bonds is 5. The number of aryl methyl sites for hydroxylation is 2. The molecule has 0 radical (unpaired) electrons. The van der Waals surface area contributed by atoms with Crippen molar-refractivity contribution in [3.63, 3.8) is 0 Å². The number of nitrogens with zero attached hydrogens (tertiary/aromatic N) is 2. The van der Waals surface area contributed by atoms with Crippen molar-refractivity contribution in [2.75, 3.05) is 20.1 Å². The third-order valence-corrected chi connectivity index (χ3v) is 5.33. The molecule has 5 nitrogen and oxygen atoms in total. The van der Waals surface area contributed by atoms with Gasteiger partial charge in [0.2, 0.25) is 5.91 Å². The van der Waals surface area contributed by atoms with Crippen LogP contribution in [0.5, 0.6) is 0 Å². The lowest BCUT2D eigenvalue weighted by atomic mass is 9.85. The van der Waals surface area contributed by atoms with Crippen LogP contribution in [0.3, 0.4) is 0 Å². The first-order chi connectivity index (χ1) is 12.1. The van der Waals surface area contributed by atoms with E-state index >= 15 is 0 Å². The molecule has 0 aliphatic carbocycles. The van der Waals surface area contributed by atoms with Crippen molar-refractivity contribution in [2.45, 2.75) is 39.2 Å². The van der Waals surface area contributed by atoms with Crippen LogP contribution in [0.1, 0.15) is 41.4 Å². The molecule has 1 fully saturated rings. The fraction of sp³-hybridized carbons (Fsp3) is 0.500. The number of hydrogen-bond donors (Lipinski definition) is 2. The summed E-state index contributed by atoms with van der Waals surface area (Å²) in [5.74, 6) is 0.518. The summed E-state index contributed by atoms with van der Waals surface area (Å²) in [6, 6.07) is 11.0. The van der Waals surface area contributed by atoms with E-state index in [1.165, 1.54) is 12.0 Å². The lowest BCUT2D eigenvalue weighted by Gasteiger charge is -2.39. The Morgan fingerprint density at radius 2 is 2.08 bits per heavy atom. The first-order valence-corrected chi connectivity index (χ1v) is 9.08. The van der Waals surface area contributed by atoms with E-state index in [2.05, 4.69) is 57.8 Å². The summed E-state index contributed by atoms with van der Waals surface area (Å²) in [4.78, 5) is 14.8. The Morgan fingerprint density at radius 3 is 2.76 bits per heavy atom. The van der Waals surface area contributed by atoms with Crippen LogP contribution in [-0.4, -0.2) is 41.1 Å². The Kier molecular flexibility index (Phi) is 5.53. The van der Waals surface area contributed by atoms with Gasteiger partial charge in [0.15, 0.2) is 0 Å². The molecule has 2 atom stereocenters. The van der Waals surface area contributed by atoms with Gasteiger partial charge in [0.1, 0.15) is 0 Å². The summed E-state index contributed by atoms with van der Waals surface area (Å²) in [6.07, 6.45) is 2.72. The molecule has 1 aromatic heterocycles. The topological polar surface area (TPSA) is 61.0 Å². The fourth-order valence-electron chi connectivity index (χ4n) is 3.95. The molecule has 1 aliphatic heterocycles. The third kappa shape index (κ3) is 4.10. The number of carbonyl (C=O) groups is 1. The standard InChI is InChI=1S/C20H28N4O/c1-14-18(15(2)23-22-14)12-19(25)21-13-17-10-7-11-24(3)20(17)16-8-5-4-6-9-16/h4-6,8-9,17,20H,7,10-13H2,1-3H3,(H,21,25)(H,22,23)/t17-,20-/m1/s1. The molecular formula is C20H28N4O. The second-order valence-corrected chi connectivity index (χ2v) is 7.13. The Hall–Kier alpha value is -2.14. The SMILES string of the molecule is Cc1n[nH]c(C)c1CC(=O)NC[C@H]1CCCN(C)[C@@H]1c1ccccc1. The Bertz CT molecular complexity index is 690. The predicted octanol–water partition coefficient (Wildman–Crippen LogP) is 2.77. The first kappa shape index (κ1) is 17.7. The van der Waals surface area contributed by atoms with Crippen LogP contribution in [0.15, 0.2) is 30.3 Å². The average molecular weight is 340 g/mol. The highest BCUT2D eigenvalue weighted by molar-refractivity contribution is 5.79. The molecule has 1 saturated heterocycles. The minimum atomic E-state index is 0.0765. The van der Waals surface area contributed by atoms with Gasteiger partial charge in [0.05, 0.1) is 12.1 Å². The number of piperidine rings is 1. The Morgan fingerprint density at radius 1 is 1.32 bits per heavy atom. The average Bonchev–Trinajstić information content (AvgIpc) is 2.92. The second-order valence-electron chi connectivity index (χ2n) is 7.13. The van der Waals surface area contributed by atoms with Crippen LogP contribution in [0.4, 0.5) is 0 Å². The third-order valence-electron chi connectivity index (χ3n) is 5.33. The van der Waals surface area contributed by atoms with E-state index in [0.717, 1.165) is 36.5 Å². The summed E-state index contributed by atoms with van der Waals surface area (Å²) in [7, 11) is 2.18. The maximum Gasteiger partial charge on any atom is 0.224 e. The molecule has 1 aromatic carbocycles. The maximum absolute atomic E-state index is 12.4. The van der Waals surface area contributed by atoms with Crippen molar-refractivity contribution in [3.05, 3.63) is 52.8 Å². The van der Waals surface area contributed by atoms with Gasteiger partial charge in [-0.15, -0.1) is 0 Å². The highest BCUT2D eigenvalue weighted by atomic mass is 16.1. The van der Waals surface area contributed by atoms with Gasteiger partial charge in [-0.25, -0.2) is 0 Å². The molecule has 25 heavy (non-hydrogen) atoms. The number of nitrogens with one attached hydrogen (secondary N) is 2. The number of benzene rings is 1. The zero-order valence-corrected chi connectivity index (χ0v) is 15.4. The molecular weight excluding hydrogens is 312 g/mol. The smallest absolute Gasteiger partial charge is 0.224 e. The first-order valence-electron chi connectivity index (χ1n) is 9.08. The molecule has 3 rings (SSSR count). The van der Waals surface area contributed by atoms with E-state index < -0.39 is 0 Å². The molecule has 0 spiro atoms. The normalized spacial score (nSPS) is 21.2. The number of amides is 1. The molecule has 1 amide bonds. The van der Waals surface area contributed by atoms with Gasteiger partial charge >= 0.3 is 0 Å². The van der Waals surface area contributed by atoms with Gasteiger partial charge in [-0.1, -0.05) is 30.3 Å². The maximum atomic E-state index is 12.4. The van der Waals surface area contributed by atoms with E-state index in [0.29, 0.717) is 18.4 Å². The van der Waals surface area contributed by atoms with Crippen LogP contribution in [-0.2, 0) is 11.2 Å². The van der Waals surface area contributed by atoms with Crippen molar-refractivity contribution in [1.82, 2.24) is 20.4 Å². The van der Waals surface area contributed by atoms with Crippen molar-refractivity contribution in [1.29, 1.82) is 0 Å². The minimum absolute atomic E-state index is 0.0765. The summed E-state index contributed by atoms with van der Waals surface area (Å²) in [6.45, 7) is 5.73. The quantitative estimate of drug-likeness (QED) is 0.880. The molecule has 0 bridgehead atoms. The minimum Gasteiger partial charge on any atom is -0.355 e. The van der Waals surface area contributed by atoms with Crippen molar-refractivity contribution in [3.8, 4) is 0 Å². The van der Waals surface area contributed by atoms with Gasteiger partial charge in [0, 0.05) is 23.8 Å². The van der Waals surface area contributed by atoms with Gasteiger partial charge in [0.25, 0.3) is 0 Å². The summed E-state index contributed by atoms with van der Waals surface area (Å²) in [5, 5.41) is 10.3. The summed E-state index contributed by atoms with van der Waals surface area (Å²) in [5.41, 5.74) is 4.24. The van der Waals surface area contributed by atoms with Crippen LogP contribution in [0.2, 0.25) is 0 Å². The van der Waals surface area contributed by atoms with Crippen LogP contribution < -0.4 is 5.32 Å². The molecule has 5 heteroatoms. The van der Waals surface area contributed by atoms with E-state index in [1.807, 2.05) is 13.8 Å². The number of aromatic nitrogens is 2. The molecule has 134 valence electrons. The highest BCUT2D eigenvalue weighted by Gasteiger charge is 2.30. The van der Waals surface area contributed by atoms with Gasteiger partial charge in [-0.05, 0) is 51.8 Å². The molecule has 0 saturated carbocycles. The zero-order valence-electron chi connectivity index (χ0n) is 15.4. The fourth-order valence-corrected chi connectivity index (χ4v) is 3.95. The van der Waals surface area contributed by atoms with Gasteiger partial charge in [-0.2, -0.15) is 5.10 Å². The number of likely N-dealkylation sites (tertiary alicyclic amines) is 1. The van der Waals surface area contributed by atoms with Gasteiger partial charge in [-0.3, -0.25) is 14.8 Å². The monoisotopic (exact) mass is 340 g/mol. The number of hydrogen-bond acceptors (Lipinski definition) is 3. The van der Waals surface area contributed by atoms with Crippen LogP contribution in [0, 0.1) is 19.8 Å². The summed E-state index contributed by atoms with van der Waals surface area (Å²) >= 11 is 0. The Labute approximate surface area is 149 Å². The van der Waals surface area contributed by atoms with E-state index in [4.69, 9.17) is 0 Å². The highest BCUT2D eigenvalue weighted by Crippen LogP contribution is 2.34. The largest absolute Gasteiger partial charge is 0.355 e. The van der Waals surface area contributed by atoms with E-state index in [-0.39, 0.29) is 5.91 Å². The predicted molar refractivity (Wildman–Crippen MR) is 99.3 cm³/mol. The van der Waals surface area contributed by atoms with Crippen molar-refractivity contribution in [2.24, 2.45) is 5.92 Å².